The van der Waals surface area contributed by atoms with Gasteiger partial charge in [-0.15, -0.1) is 12.4 Å². The zero-order valence-corrected chi connectivity index (χ0v) is 29.7. The second-order valence-electron chi connectivity index (χ2n) is 12.0. The predicted molar refractivity (Wildman–Crippen MR) is 190 cm³/mol. The van der Waals surface area contributed by atoms with Crippen LogP contribution in [0.4, 0.5) is 0 Å². The number of esters is 2. The largest absolute Gasteiger partial charge is 0.462 e. The van der Waals surface area contributed by atoms with Crippen LogP contribution in [0.25, 0.3) is 0 Å². The van der Waals surface area contributed by atoms with Crippen molar-refractivity contribution in [3.05, 3.63) is 118 Å². The molecule has 2 fully saturated rings. The van der Waals surface area contributed by atoms with E-state index < -0.39 is 5.97 Å². The van der Waals surface area contributed by atoms with Crippen LogP contribution in [0.2, 0.25) is 5.28 Å². The normalized spacial score (nSPS) is 15.0. The molecule has 2 aliphatic carbocycles. The summed E-state index contributed by atoms with van der Waals surface area (Å²) in [6.07, 6.45) is 13.8. The van der Waals surface area contributed by atoms with Crippen LogP contribution in [0.3, 0.4) is 0 Å². The Balaban J connectivity index is 0.000000212. The molecule has 11 heteroatoms. The van der Waals surface area contributed by atoms with Gasteiger partial charge < -0.3 is 15.2 Å². The molecule has 9 nitrogen and oxygen atoms in total. The molecule has 0 saturated heterocycles. The van der Waals surface area contributed by atoms with Crippen LogP contribution in [0.5, 0.6) is 0 Å². The van der Waals surface area contributed by atoms with Crippen molar-refractivity contribution >= 4 is 35.9 Å². The summed E-state index contributed by atoms with van der Waals surface area (Å²) < 4.78 is 9.67. The lowest BCUT2D eigenvalue weighted by Gasteiger charge is -2.43. The lowest BCUT2D eigenvalue weighted by Crippen LogP contribution is -2.43. The number of nitrogens with two attached hydrogens (primary N) is 1. The first-order valence-electron chi connectivity index (χ1n) is 16.1. The minimum Gasteiger partial charge on any atom is -0.462 e. The number of carbonyl (C=O) groups excluding carboxylic acids is 2. The molecule has 2 aromatic heterocycles. The first kappa shape index (κ1) is 38.5. The smallest absolute Gasteiger partial charge is 0.341 e. The summed E-state index contributed by atoms with van der Waals surface area (Å²) in [7, 11) is 0. The Morgan fingerprint density at radius 2 is 1.17 bits per heavy atom. The maximum absolute atomic E-state index is 11.7. The van der Waals surface area contributed by atoms with E-state index >= 15 is 0 Å². The number of benzene rings is 2. The van der Waals surface area contributed by atoms with Crippen molar-refractivity contribution in [2.24, 2.45) is 5.73 Å². The van der Waals surface area contributed by atoms with E-state index in [1.165, 1.54) is 60.3 Å². The number of carbonyl (C=O) groups is 2. The van der Waals surface area contributed by atoms with Gasteiger partial charge >= 0.3 is 11.9 Å². The minimum atomic E-state index is -0.436. The van der Waals surface area contributed by atoms with Gasteiger partial charge in [-0.1, -0.05) is 55.0 Å². The molecule has 0 amide bonds. The average molecular weight is 695 g/mol. The van der Waals surface area contributed by atoms with Gasteiger partial charge in [-0.3, -0.25) is 0 Å². The van der Waals surface area contributed by atoms with Gasteiger partial charge in [0, 0.05) is 42.2 Å². The highest BCUT2D eigenvalue weighted by atomic mass is 35.5. The lowest BCUT2D eigenvalue weighted by molar-refractivity contribution is 0.0515. The fraction of sp³-hybridized carbons (Fsp3) is 0.405. The molecule has 0 atom stereocenters. The highest BCUT2D eigenvalue weighted by Crippen LogP contribution is 2.47. The SMILES string of the molecule is CCOC(=O)c1cnc(CC2(c3ccccc3C)CCC2)nc1.CCOC(=O)c1cnc(Cl)nc1.Cc1ccccc1C1(N)CCC1.Cl. The second-order valence-corrected chi connectivity index (χ2v) is 12.4. The van der Waals surface area contributed by atoms with Gasteiger partial charge in [0.05, 0.1) is 24.3 Å². The average Bonchev–Trinajstić information content (AvgIpc) is 3.04. The quantitative estimate of drug-likeness (QED) is 0.146. The van der Waals surface area contributed by atoms with Gasteiger partial charge in [-0.25, -0.2) is 29.5 Å². The number of aromatic nitrogens is 4. The number of hydrogen-bond acceptors (Lipinski definition) is 9. The Kier molecular flexibility index (Phi) is 14.5. The molecular weight excluding hydrogens is 649 g/mol. The number of halogens is 2. The van der Waals surface area contributed by atoms with E-state index in [4.69, 9.17) is 26.8 Å². The summed E-state index contributed by atoms with van der Waals surface area (Å²) in [5, 5.41) is 0.114. The number of aryl methyl sites for hydroxylation is 2. The highest BCUT2D eigenvalue weighted by molar-refractivity contribution is 6.28. The van der Waals surface area contributed by atoms with Crippen molar-refractivity contribution in [3.63, 3.8) is 0 Å². The van der Waals surface area contributed by atoms with Crippen LogP contribution in [0, 0.1) is 13.8 Å². The number of rotatable bonds is 8. The first-order valence-corrected chi connectivity index (χ1v) is 16.5. The van der Waals surface area contributed by atoms with E-state index in [0.29, 0.717) is 24.3 Å². The van der Waals surface area contributed by atoms with Crippen LogP contribution in [0.1, 0.15) is 101 Å². The molecule has 2 heterocycles. The molecule has 48 heavy (non-hydrogen) atoms. The van der Waals surface area contributed by atoms with E-state index in [2.05, 4.69) is 82.3 Å². The van der Waals surface area contributed by atoms with E-state index in [1.54, 1.807) is 26.2 Å². The summed E-state index contributed by atoms with van der Waals surface area (Å²) >= 11 is 5.42. The second kappa shape index (κ2) is 18.0. The third-order valence-electron chi connectivity index (χ3n) is 8.80. The number of nitrogens with zero attached hydrogens (tertiary/aromatic N) is 4. The van der Waals surface area contributed by atoms with Gasteiger partial charge in [0.1, 0.15) is 5.82 Å². The van der Waals surface area contributed by atoms with Gasteiger partial charge in [-0.2, -0.15) is 0 Å². The maximum atomic E-state index is 11.7. The van der Waals surface area contributed by atoms with E-state index in [-0.39, 0.29) is 34.6 Å². The molecule has 2 N–H and O–H groups in total. The zero-order valence-electron chi connectivity index (χ0n) is 28.1. The molecule has 2 aromatic carbocycles. The monoisotopic (exact) mass is 693 g/mol. The number of hydrogen-bond donors (Lipinski definition) is 1. The van der Waals surface area contributed by atoms with Gasteiger partial charge in [0.2, 0.25) is 5.28 Å². The topological polar surface area (TPSA) is 130 Å². The van der Waals surface area contributed by atoms with Crippen LogP contribution < -0.4 is 5.73 Å². The van der Waals surface area contributed by atoms with Crippen molar-refractivity contribution in [3.8, 4) is 0 Å². The first-order chi connectivity index (χ1) is 22.6. The third kappa shape index (κ3) is 9.81. The van der Waals surface area contributed by atoms with Crippen LogP contribution >= 0.6 is 24.0 Å². The molecule has 0 radical (unpaired) electrons. The van der Waals surface area contributed by atoms with E-state index in [1.807, 2.05) is 0 Å². The van der Waals surface area contributed by atoms with Crippen molar-refractivity contribution in [1.29, 1.82) is 0 Å². The minimum absolute atomic E-state index is 0. The molecule has 0 bridgehead atoms. The molecule has 2 aliphatic rings. The Morgan fingerprint density at radius 1 is 0.729 bits per heavy atom. The Labute approximate surface area is 294 Å². The van der Waals surface area contributed by atoms with Crippen molar-refractivity contribution in [2.75, 3.05) is 13.2 Å². The molecule has 0 unspecified atom stereocenters. The summed E-state index contributed by atoms with van der Waals surface area (Å²) in [5.74, 6) is -0.00789. The summed E-state index contributed by atoms with van der Waals surface area (Å²) in [6, 6.07) is 17.0. The lowest BCUT2D eigenvalue weighted by atomic mass is 9.61. The van der Waals surface area contributed by atoms with Gasteiger partial charge in [-0.05, 0) is 93.7 Å². The molecular formula is C37H45Cl2N5O4. The standard InChI is InChI=1S/C19H22N2O2.C11H15N.C7H7ClN2O2.ClH/c1-3-23-18(22)15-12-20-17(21-13-15)11-19(9-6-10-19)16-8-5-4-7-14(16)2;1-9-5-2-3-6-10(9)11(12)7-4-8-11;1-2-12-6(11)5-3-9-7(8)10-4-5;/h4-5,7-8,12-13H,3,6,9-11H2,1-2H3;2-3,5-6H,4,7-8,12H2,1H3;3-4H,2H2,1H3;1H. The molecule has 6 rings (SSSR count). The van der Waals surface area contributed by atoms with Crippen LogP contribution in [0.15, 0.2) is 73.3 Å². The third-order valence-corrected chi connectivity index (χ3v) is 8.99. The van der Waals surface area contributed by atoms with Crippen molar-refractivity contribution in [2.45, 2.75) is 83.6 Å². The number of ether oxygens (including phenoxy) is 2. The van der Waals surface area contributed by atoms with E-state index in [9.17, 15) is 9.59 Å². The van der Waals surface area contributed by atoms with Crippen LogP contribution in [-0.2, 0) is 26.8 Å². The molecule has 0 spiro atoms. The molecule has 256 valence electrons. The fourth-order valence-corrected chi connectivity index (χ4v) is 6.07. The fourth-order valence-electron chi connectivity index (χ4n) is 5.97. The summed E-state index contributed by atoms with van der Waals surface area (Å²) in [4.78, 5) is 38.7. The molecule has 2 saturated carbocycles. The van der Waals surface area contributed by atoms with E-state index in [0.717, 1.165) is 25.1 Å². The Bertz CT molecular complexity index is 1630. The maximum Gasteiger partial charge on any atom is 0.341 e. The van der Waals surface area contributed by atoms with Crippen LogP contribution in [-0.4, -0.2) is 45.1 Å². The summed E-state index contributed by atoms with van der Waals surface area (Å²) in [6.45, 7) is 8.52. The Hall–Kier alpha value is -3.92. The van der Waals surface area contributed by atoms with Crippen molar-refractivity contribution < 1.29 is 19.1 Å². The van der Waals surface area contributed by atoms with Gasteiger partial charge in [0.15, 0.2) is 0 Å². The highest BCUT2D eigenvalue weighted by Gasteiger charge is 2.40. The predicted octanol–water partition coefficient (Wildman–Crippen LogP) is 7.69. The summed E-state index contributed by atoms with van der Waals surface area (Å²) in [5.41, 5.74) is 12.5. The van der Waals surface area contributed by atoms with Crippen molar-refractivity contribution in [1.82, 2.24) is 19.9 Å². The zero-order chi connectivity index (χ0) is 33.9. The molecule has 0 aliphatic heterocycles. The molecule has 4 aromatic rings. The Morgan fingerprint density at radius 3 is 1.56 bits per heavy atom. The van der Waals surface area contributed by atoms with Gasteiger partial charge in [0.25, 0.3) is 0 Å².